The van der Waals surface area contributed by atoms with Crippen LogP contribution in [0.2, 0.25) is 0 Å². The zero-order valence-electron chi connectivity index (χ0n) is 23.3. The van der Waals surface area contributed by atoms with Crippen molar-refractivity contribution < 1.29 is 28.5 Å². The number of carbonyl (C=O) groups is 2. The molecular weight excluding hydrogens is 585 g/mol. The van der Waals surface area contributed by atoms with Crippen LogP contribution in [-0.4, -0.2) is 72.2 Å². The molecule has 1 saturated carbocycles. The normalized spacial score (nSPS) is 16.8. The molecule has 0 aromatic heterocycles. The minimum absolute atomic E-state index is 0.214. The second-order valence-corrected chi connectivity index (χ2v) is 13.7. The Balaban J connectivity index is 1.32. The van der Waals surface area contributed by atoms with Gasteiger partial charge in [-0.25, -0.2) is 0 Å². The van der Waals surface area contributed by atoms with Gasteiger partial charge in [-0.1, -0.05) is 0 Å². The van der Waals surface area contributed by atoms with Gasteiger partial charge in [-0.15, -0.1) is 0 Å². The summed E-state index contributed by atoms with van der Waals surface area (Å²) < 4.78 is 22.7. The Hall–Kier alpha value is -1.62. The summed E-state index contributed by atoms with van der Waals surface area (Å²) in [5.74, 6) is 8.10. The number of ether oxygens (including phenoxy) is 4. The van der Waals surface area contributed by atoms with E-state index < -0.39 is 0 Å². The predicted octanol–water partition coefficient (Wildman–Crippen LogP) is 6.95. The van der Waals surface area contributed by atoms with Crippen molar-refractivity contribution >= 4 is 59.0 Å². The van der Waals surface area contributed by atoms with Crippen LogP contribution in [0.25, 0.3) is 0 Å². The fraction of sp³-hybridized carbons (Fsp3) is 0.533. The smallest absolute Gasteiger partial charge is 0.314 e. The molecule has 0 N–H and O–H groups in total. The van der Waals surface area contributed by atoms with Crippen LogP contribution in [0, 0.1) is 11.8 Å². The Bertz CT molecular complexity index is 913. The maximum atomic E-state index is 12.7. The third-order valence-corrected chi connectivity index (χ3v) is 9.97. The molecule has 3 rings (SSSR count). The van der Waals surface area contributed by atoms with Gasteiger partial charge in [0, 0.05) is 34.5 Å². The topological polar surface area (TPSA) is 71.1 Å². The van der Waals surface area contributed by atoms with Crippen LogP contribution < -0.4 is 18.9 Å². The Labute approximate surface area is 255 Å². The fourth-order valence-electron chi connectivity index (χ4n) is 4.10. The molecule has 0 bridgehead atoms. The van der Waals surface area contributed by atoms with Crippen LogP contribution in [0.5, 0.6) is 23.0 Å². The second kappa shape index (κ2) is 19.5. The summed E-state index contributed by atoms with van der Waals surface area (Å²) in [6.45, 7) is 1.31. The van der Waals surface area contributed by atoms with Crippen molar-refractivity contribution in [2.45, 2.75) is 25.7 Å². The molecule has 1 fully saturated rings. The molecule has 0 atom stereocenters. The fourth-order valence-corrected chi connectivity index (χ4v) is 7.18. The Kier molecular flexibility index (Phi) is 16.0. The SMILES string of the molecule is CSCCSCCOc1ccc(OC(=O)[C@H]2CC[C@H](C(=O)Oc3ccc(OCCSCCSC)cc3)CC2)cc1. The molecule has 220 valence electrons. The molecule has 0 saturated heterocycles. The van der Waals surface area contributed by atoms with Crippen molar-refractivity contribution in [3.63, 3.8) is 0 Å². The molecule has 0 amide bonds. The minimum atomic E-state index is -0.246. The van der Waals surface area contributed by atoms with E-state index in [4.69, 9.17) is 18.9 Å². The van der Waals surface area contributed by atoms with Crippen LogP contribution >= 0.6 is 47.0 Å². The Morgan fingerprint density at radius 3 is 1.27 bits per heavy atom. The van der Waals surface area contributed by atoms with Crippen molar-refractivity contribution in [1.82, 2.24) is 0 Å². The van der Waals surface area contributed by atoms with Crippen molar-refractivity contribution in [1.29, 1.82) is 0 Å². The van der Waals surface area contributed by atoms with Crippen molar-refractivity contribution in [2.75, 3.05) is 60.2 Å². The molecule has 2 aromatic carbocycles. The minimum Gasteiger partial charge on any atom is -0.493 e. The zero-order valence-corrected chi connectivity index (χ0v) is 26.6. The summed E-state index contributed by atoms with van der Waals surface area (Å²) in [6.07, 6.45) is 6.65. The van der Waals surface area contributed by atoms with Gasteiger partial charge in [0.25, 0.3) is 0 Å². The van der Waals surface area contributed by atoms with E-state index >= 15 is 0 Å². The van der Waals surface area contributed by atoms with Gasteiger partial charge in [0.15, 0.2) is 0 Å². The van der Waals surface area contributed by atoms with E-state index in [9.17, 15) is 9.59 Å². The molecule has 0 unspecified atom stereocenters. The molecule has 1 aliphatic rings. The van der Waals surface area contributed by atoms with Gasteiger partial charge < -0.3 is 18.9 Å². The number of thioether (sulfide) groups is 4. The Morgan fingerprint density at radius 1 is 0.575 bits per heavy atom. The van der Waals surface area contributed by atoms with Crippen LogP contribution in [0.4, 0.5) is 0 Å². The molecule has 10 heteroatoms. The van der Waals surface area contributed by atoms with Gasteiger partial charge in [0.1, 0.15) is 23.0 Å². The molecule has 40 heavy (non-hydrogen) atoms. The number of carbonyl (C=O) groups excluding carboxylic acids is 2. The van der Waals surface area contributed by atoms with E-state index in [1.54, 1.807) is 24.3 Å². The summed E-state index contributed by atoms with van der Waals surface area (Å²) in [5.41, 5.74) is 0. The molecule has 0 radical (unpaired) electrons. The standard InChI is InChI=1S/C30H40O6S4/c1-37-19-21-39-17-15-33-25-7-11-27(12-8-25)35-29(31)23-3-5-24(6-4-23)30(32)36-28-13-9-26(10-14-28)34-16-18-40-22-20-38-2/h7-14,23-24H,3-6,15-22H2,1-2H3/t23-,24-. The summed E-state index contributed by atoms with van der Waals surface area (Å²) >= 11 is 7.46. The zero-order chi connectivity index (χ0) is 28.4. The van der Waals surface area contributed by atoms with E-state index in [1.165, 1.54) is 0 Å². The van der Waals surface area contributed by atoms with E-state index in [-0.39, 0.29) is 23.8 Å². The van der Waals surface area contributed by atoms with Gasteiger partial charge in [-0.05, 0) is 86.7 Å². The molecule has 2 aromatic rings. The van der Waals surface area contributed by atoms with Gasteiger partial charge in [0.05, 0.1) is 25.0 Å². The average Bonchev–Trinajstić information content (AvgIpc) is 2.98. The third kappa shape index (κ3) is 12.5. The van der Waals surface area contributed by atoms with Crippen molar-refractivity contribution in [2.24, 2.45) is 11.8 Å². The van der Waals surface area contributed by atoms with Crippen LogP contribution in [-0.2, 0) is 9.59 Å². The van der Waals surface area contributed by atoms with Crippen molar-refractivity contribution in [3.8, 4) is 23.0 Å². The lowest BCUT2D eigenvalue weighted by Crippen LogP contribution is -2.30. The van der Waals surface area contributed by atoms with E-state index in [2.05, 4.69) is 12.5 Å². The maximum absolute atomic E-state index is 12.7. The lowest BCUT2D eigenvalue weighted by atomic mass is 9.82. The van der Waals surface area contributed by atoms with E-state index in [1.807, 2.05) is 71.3 Å². The number of esters is 2. The van der Waals surface area contributed by atoms with E-state index in [0.29, 0.717) is 50.4 Å². The highest BCUT2D eigenvalue weighted by atomic mass is 32.2. The molecule has 0 heterocycles. The molecule has 6 nitrogen and oxygen atoms in total. The quantitative estimate of drug-likeness (QED) is 0.0988. The maximum Gasteiger partial charge on any atom is 0.314 e. The number of rotatable bonds is 18. The van der Waals surface area contributed by atoms with Gasteiger partial charge in [-0.3, -0.25) is 9.59 Å². The number of benzene rings is 2. The molecule has 1 aliphatic carbocycles. The monoisotopic (exact) mass is 624 g/mol. The summed E-state index contributed by atoms with van der Waals surface area (Å²) in [5, 5.41) is 0. The highest BCUT2D eigenvalue weighted by molar-refractivity contribution is 8.03. The van der Waals surface area contributed by atoms with Gasteiger partial charge in [0.2, 0.25) is 0 Å². The first kappa shape index (κ1) is 32.9. The molecular formula is C30H40O6S4. The lowest BCUT2D eigenvalue weighted by Gasteiger charge is -2.25. The van der Waals surface area contributed by atoms with Gasteiger partial charge in [-0.2, -0.15) is 47.0 Å². The largest absolute Gasteiger partial charge is 0.493 e. The first-order chi connectivity index (χ1) is 19.6. The number of hydrogen-bond acceptors (Lipinski definition) is 10. The van der Waals surface area contributed by atoms with Crippen molar-refractivity contribution in [3.05, 3.63) is 48.5 Å². The van der Waals surface area contributed by atoms with Crippen LogP contribution in [0.1, 0.15) is 25.7 Å². The summed E-state index contributed by atoms with van der Waals surface area (Å²) in [4.78, 5) is 25.4. The first-order valence-electron chi connectivity index (χ1n) is 13.6. The lowest BCUT2D eigenvalue weighted by molar-refractivity contribution is -0.145. The summed E-state index contributed by atoms with van der Waals surface area (Å²) in [6, 6.07) is 14.4. The number of hydrogen-bond donors (Lipinski definition) is 0. The van der Waals surface area contributed by atoms with Gasteiger partial charge >= 0.3 is 11.9 Å². The Morgan fingerprint density at radius 2 is 0.925 bits per heavy atom. The highest BCUT2D eigenvalue weighted by Gasteiger charge is 2.32. The average molecular weight is 625 g/mol. The molecule has 0 spiro atoms. The van der Waals surface area contributed by atoms with Crippen LogP contribution in [0.15, 0.2) is 48.5 Å². The van der Waals surface area contributed by atoms with Crippen LogP contribution in [0.3, 0.4) is 0 Å². The molecule has 0 aliphatic heterocycles. The first-order valence-corrected chi connectivity index (χ1v) is 18.7. The van der Waals surface area contributed by atoms with E-state index in [0.717, 1.165) is 46.0 Å². The third-order valence-electron chi connectivity index (χ3n) is 6.33. The predicted molar refractivity (Wildman–Crippen MR) is 172 cm³/mol. The second-order valence-electron chi connectivity index (χ2n) is 9.24. The summed E-state index contributed by atoms with van der Waals surface area (Å²) in [7, 11) is 0. The highest BCUT2D eigenvalue weighted by Crippen LogP contribution is 2.32.